The first kappa shape index (κ1) is 25.5. The lowest BCUT2D eigenvalue weighted by atomic mass is 10.1. The zero-order valence-corrected chi connectivity index (χ0v) is 20.1. The molecule has 0 spiro atoms. The number of benzene rings is 3. The van der Waals surface area contributed by atoms with Gasteiger partial charge in [0.05, 0.1) is 26.4 Å². The van der Waals surface area contributed by atoms with Crippen molar-refractivity contribution >= 4 is 0 Å². The second-order valence-electron chi connectivity index (χ2n) is 8.51. The summed E-state index contributed by atoms with van der Waals surface area (Å²) in [5.74, 6) is 0. The summed E-state index contributed by atoms with van der Waals surface area (Å²) in [6, 6.07) is 29.8. The van der Waals surface area contributed by atoms with Crippen molar-refractivity contribution in [3.63, 3.8) is 0 Å². The molecule has 0 amide bonds. The Labute approximate surface area is 207 Å². The van der Waals surface area contributed by atoms with Crippen molar-refractivity contribution in [1.29, 1.82) is 0 Å². The van der Waals surface area contributed by atoms with E-state index in [1.807, 2.05) is 97.9 Å². The molecule has 6 nitrogen and oxygen atoms in total. The fraction of sp³-hybridized carbons (Fsp3) is 0.379. The molecule has 0 radical (unpaired) electrons. The van der Waals surface area contributed by atoms with E-state index in [-0.39, 0.29) is 6.61 Å². The van der Waals surface area contributed by atoms with Crippen molar-refractivity contribution in [2.24, 2.45) is 0 Å². The summed E-state index contributed by atoms with van der Waals surface area (Å²) in [4.78, 5) is 0. The van der Waals surface area contributed by atoms with E-state index < -0.39 is 30.7 Å². The summed E-state index contributed by atoms with van der Waals surface area (Å²) in [6.45, 7) is 3.75. The van der Waals surface area contributed by atoms with Crippen molar-refractivity contribution in [3.8, 4) is 0 Å². The minimum Gasteiger partial charge on any atom is -0.385 e. The largest absolute Gasteiger partial charge is 0.385 e. The number of hydrogen-bond acceptors (Lipinski definition) is 6. The Morgan fingerprint density at radius 1 is 0.743 bits per heavy atom. The predicted molar refractivity (Wildman–Crippen MR) is 132 cm³/mol. The molecule has 5 atom stereocenters. The number of hydrogen-bond donors (Lipinski definition) is 1. The number of aliphatic hydroxyl groups excluding tert-OH is 1. The summed E-state index contributed by atoms with van der Waals surface area (Å²) >= 11 is 0. The first-order valence-electron chi connectivity index (χ1n) is 12.1. The van der Waals surface area contributed by atoms with Crippen LogP contribution < -0.4 is 0 Å². The van der Waals surface area contributed by atoms with Crippen LogP contribution in [-0.4, -0.2) is 49.0 Å². The smallest absolute Gasteiger partial charge is 0.186 e. The minimum atomic E-state index is -0.944. The van der Waals surface area contributed by atoms with Crippen LogP contribution in [0, 0.1) is 0 Å². The monoisotopic (exact) mass is 478 g/mol. The fourth-order valence-electron chi connectivity index (χ4n) is 4.11. The van der Waals surface area contributed by atoms with E-state index >= 15 is 0 Å². The fourth-order valence-corrected chi connectivity index (χ4v) is 4.11. The predicted octanol–water partition coefficient (Wildman–Crippen LogP) is 4.50. The van der Waals surface area contributed by atoms with Gasteiger partial charge in [-0.2, -0.15) is 0 Å². The maximum atomic E-state index is 11.0. The molecule has 6 heteroatoms. The van der Waals surface area contributed by atoms with E-state index in [0.29, 0.717) is 26.4 Å². The van der Waals surface area contributed by atoms with Crippen LogP contribution in [0.3, 0.4) is 0 Å². The van der Waals surface area contributed by atoms with Crippen LogP contribution in [0.5, 0.6) is 0 Å². The van der Waals surface area contributed by atoms with Crippen molar-refractivity contribution in [3.05, 3.63) is 108 Å². The molecule has 1 aliphatic rings. The third kappa shape index (κ3) is 7.45. The van der Waals surface area contributed by atoms with Gasteiger partial charge in [0.15, 0.2) is 6.29 Å². The van der Waals surface area contributed by atoms with E-state index in [4.69, 9.17) is 23.7 Å². The molecule has 4 rings (SSSR count). The van der Waals surface area contributed by atoms with Gasteiger partial charge in [-0.25, -0.2) is 0 Å². The van der Waals surface area contributed by atoms with Crippen LogP contribution in [0.1, 0.15) is 23.6 Å². The summed E-state index contributed by atoms with van der Waals surface area (Å²) in [6.07, 6.45) is -3.40. The Kier molecular flexibility index (Phi) is 9.84. The van der Waals surface area contributed by atoms with Crippen LogP contribution in [0.15, 0.2) is 91.0 Å². The van der Waals surface area contributed by atoms with E-state index in [1.165, 1.54) is 0 Å². The maximum absolute atomic E-state index is 11.0. The zero-order valence-electron chi connectivity index (χ0n) is 20.1. The Hall–Kier alpha value is -2.58. The first-order chi connectivity index (χ1) is 17.2. The van der Waals surface area contributed by atoms with Crippen molar-refractivity contribution in [2.75, 3.05) is 13.2 Å². The molecule has 3 aromatic rings. The zero-order chi connectivity index (χ0) is 24.3. The Bertz CT molecular complexity index is 968. The van der Waals surface area contributed by atoms with Crippen molar-refractivity contribution in [1.82, 2.24) is 0 Å². The molecule has 0 saturated carbocycles. The Morgan fingerprint density at radius 2 is 1.29 bits per heavy atom. The van der Waals surface area contributed by atoms with Crippen molar-refractivity contribution in [2.45, 2.75) is 57.5 Å². The molecule has 35 heavy (non-hydrogen) atoms. The Balaban J connectivity index is 1.48. The highest BCUT2D eigenvalue weighted by Gasteiger charge is 2.49. The van der Waals surface area contributed by atoms with Crippen LogP contribution >= 0.6 is 0 Å². The van der Waals surface area contributed by atoms with Gasteiger partial charge < -0.3 is 28.8 Å². The maximum Gasteiger partial charge on any atom is 0.186 e. The quantitative estimate of drug-likeness (QED) is 0.390. The van der Waals surface area contributed by atoms with E-state index in [0.717, 1.165) is 16.7 Å². The van der Waals surface area contributed by atoms with Gasteiger partial charge in [0.1, 0.15) is 24.4 Å². The molecule has 1 saturated heterocycles. The molecular formula is C29H34O6. The van der Waals surface area contributed by atoms with Crippen molar-refractivity contribution < 1.29 is 28.8 Å². The first-order valence-corrected chi connectivity index (χ1v) is 12.1. The van der Waals surface area contributed by atoms with Crippen LogP contribution in [0.4, 0.5) is 0 Å². The lowest BCUT2D eigenvalue weighted by Crippen LogP contribution is -2.44. The molecule has 186 valence electrons. The number of ether oxygens (including phenoxy) is 5. The van der Waals surface area contributed by atoms with E-state index in [1.54, 1.807) is 0 Å². The SMILES string of the molecule is CCOC1O[C@H](C(COCc2ccccc2)OCc2ccccc2)[C@H](OCc2ccccc2)[C@H]1O. The molecule has 1 heterocycles. The number of rotatable bonds is 13. The van der Waals surface area contributed by atoms with Crippen LogP contribution in [0.25, 0.3) is 0 Å². The van der Waals surface area contributed by atoms with Gasteiger partial charge in [0.2, 0.25) is 0 Å². The number of aliphatic hydroxyl groups is 1. The summed E-state index contributed by atoms with van der Waals surface area (Å²) in [5, 5.41) is 11.0. The molecule has 3 aromatic carbocycles. The Morgan fingerprint density at radius 3 is 1.86 bits per heavy atom. The summed E-state index contributed by atoms with van der Waals surface area (Å²) in [7, 11) is 0. The van der Waals surface area contributed by atoms with E-state index in [9.17, 15) is 5.11 Å². The van der Waals surface area contributed by atoms with Crippen LogP contribution in [0.2, 0.25) is 0 Å². The molecule has 0 aliphatic carbocycles. The van der Waals surface area contributed by atoms with Gasteiger partial charge >= 0.3 is 0 Å². The summed E-state index contributed by atoms with van der Waals surface area (Å²) < 4.78 is 30.4. The van der Waals surface area contributed by atoms with Crippen LogP contribution in [-0.2, 0) is 43.5 Å². The molecule has 1 fully saturated rings. The lowest BCUT2D eigenvalue weighted by Gasteiger charge is -2.28. The second kappa shape index (κ2) is 13.5. The highest BCUT2D eigenvalue weighted by Crippen LogP contribution is 2.30. The average Bonchev–Trinajstić information content (AvgIpc) is 3.21. The average molecular weight is 479 g/mol. The van der Waals surface area contributed by atoms with Gasteiger partial charge in [0, 0.05) is 6.61 Å². The topological polar surface area (TPSA) is 66.4 Å². The highest BCUT2D eigenvalue weighted by molar-refractivity contribution is 5.15. The van der Waals surface area contributed by atoms with Gasteiger partial charge in [-0.05, 0) is 23.6 Å². The van der Waals surface area contributed by atoms with Gasteiger partial charge in [0.25, 0.3) is 0 Å². The third-order valence-corrected chi connectivity index (χ3v) is 5.91. The highest BCUT2D eigenvalue weighted by atomic mass is 16.7. The molecular weight excluding hydrogens is 444 g/mol. The van der Waals surface area contributed by atoms with E-state index in [2.05, 4.69) is 0 Å². The molecule has 0 bridgehead atoms. The second-order valence-corrected chi connectivity index (χ2v) is 8.51. The molecule has 0 aromatic heterocycles. The molecule has 1 N–H and O–H groups in total. The summed E-state index contributed by atoms with van der Waals surface area (Å²) in [5.41, 5.74) is 3.13. The van der Waals surface area contributed by atoms with Gasteiger partial charge in [-0.3, -0.25) is 0 Å². The standard InChI is InChI=1S/C29H34O6/c1-2-32-29-26(30)28(34-20-24-16-10-5-11-17-24)27(35-29)25(33-19-23-14-8-4-9-15-23)21-31-18-22-12-6-3-7-13-22/h3-17,25-30H,2,18-21H2,1H3/t25?,26-,27-,28-,29?/m1/s1. The minimum absolute atomic E-state index is 0.281. The van der Waals surface area contributed by atoms with Gasteiger partial charge in [-0.1, -0.05) is 91.0 Å². The third-order valence-electron chi connectivity index (χ3n) is 5.91. The lowest BCUT2D eigenvalue weighted by molar-refractivity contribution is -0.189. The van der Waals surface area contributed by atoms with Gasteiger partial charge in [-0.15, -0.1) is 0 Å². The normalized spacial score (nSPS) is 22.8. The molecule has 1 aliphatic heterocycles. The molecule has 2 unspecified atom stereocenters.